The maximum absolute atomic E-state index is 12.6. The lowest BCUT2D eigenvalue weighted by Gasteiger charge is -2.14. The fourth-order valence-electron chi connectivity index (χ4n) is 2.21. The molecule has 0 aliphatic carbocycles. The normalized spacial score (nSPS) is 10.9. The third kappa shape index (κ3) is 4.21. The maximum Gasteiger partial charge on any atom is 0.259 e. The Morgan fingerprint density at radius 2 is 1.52 bits per heavy atom. The fraction of sp³-hybridized carbons (Fsp3) is 0.235. The van der Waals surface area contributed by atoms with Gasteiger partial charge in [0.25, 0.3) is 5.91 Å². The molecule has 134 valence electrons. The maximum atomic E-state index is 12.6. The van der Waals surface area contributed by atoms with Gasteiger partial charge in [-0.05, 0) is 18.2 Å². The zero-order valence-electron chi connectivity index (χ0n) is 14.3. The second kappa shape index (κ2) is 7.43. The molecule has 1 N–H and O–H groups in total. The molecule has 0 fully saturated rings. The summed E-state index contributed by atoms with van der Waals surface area (Å²) in [7, 11) is 1.00. The molecule has 2 aromatic carbocycles. The second-order valence-corrected chi connectivity index (χ2v) is 7.18. The standard InChI is InChI=1S/C17H19NO6S/c1-22-14-10-16(24-3)15(23-2)9-13(14)17(19)18-11-6-5-7-12(8-11)25(4,20)21/h5-10H,1-4H3,(H,18,19). The first kappa shape index (κ1) is 18.6. The molecule has 0 radical (unpaired) electrons. The summed E-state index contributed by atoms with van der Waals surface area (Å²) < 4.78 is 38.9. The van der Waals surface area contributed by atoms with E-state index in [-0.39, 0.29) is 10.5 Å². The molecule has 0 heterocycles. The SMILES string of the molecule is COc1cc(OC)c(C(=O)Nc2cccc(S(C)(=O)=O)c2)cc1OC. The van der Waals surface area contributed by atoms with Gasteiger partial charge in [-0.1, -0.05) is 6.07 Å². The molecule has 0 bridgehead atoms. The number of nitrogens with one attached hydrogen (secondary N) is 1. The van der Waals surface area contributed by atoms with Gasteiger partial charge in [-0.25, -0.2) is 8.42 Å². The molecular formula is C17H19NO6S. The Balaban J connectivity index is 2.38. The van der Waals surface area contributed by atoms with Crippen molar-refractivity contribution < 1.29 is 27.4 Å². The van der Waals surface area contributed by atoms with Crippen LogP contribution in [0.1, 0.15) is 10.4 Å². The van der Waals surface area contributed by atoms with Crippen molar-refractivity contribution in [3.05, 3.63) is 42.0 Å². The molecular weight excluding hydrogens is 346 g/mol. The highest BCUT2D eigenvalue weighted by molar-refractivity contribution is 7.90. The zero-order chi connectivity index (χ0) is 18.6. The summed E-state index contributed by atoms with van der Waals surface area (Å²) in [4.78, 5) is 12.7. The molecule has 2 aromatic rings. The van der Waals surface area contributed by atoms with E-state index in [9.17, 15) is 13.2 Å². The Kier molecular flexibility index (Phi) is 5.53. The number of hydrogen-bond acceptors (Lipinski definition) is 6. The highest BCUT2D eigenvalue weighted by atomic mass is 32.2. The summed E-state index contributed by atoms with van der Waals surface area (Å²) in [5.74, 6) is 0.631. The number of amides is 1. The van der Waals surface area contributed by atoms with Gasteiger partial charge in [0.15, 0.2) is 21.3 Å². The minimum atomic E-state index is -3.37. The Morgan fingerprint density at radius 3 is 2.08 bits per heavy atom. The van der Waals surface area contributed by atoms with Crippen LogP contribution in [0.2, 0.25) is 0 Å². The van der Waals surface area contributed by atoms with E-state index in [1.165, 1.54) is 39.5 Å². The highest BCUT2D eigenvalue weighted by Gasteiger charge is 2.18. The third-order valence-electron chi connectivity index (χ3n) is 3.47. The van der Waals surface area contributed by atoms with Crippen LogP contribution in [0, 0.1) is 0 Å². The molecule has 25 heavy (non-hydrogen) atoms. The smallest absolute Gasteiger partial charge is 0.259 e. The van der Waals surface area contributed by atoms with Crippen LogP contribution in [0.25, 0.3) is 0 Å². The van der Waals surface area contributed by atoms with E-state index in [0.717, 1.165) is 6.26 Å². The summed E-state index contributed by atoms with van der Waals surface area (Å²) in [6, 6.07) is 9.04. The summed E-state index contributed by atoms with van der Waals surface area (Å²) in [6.07, 6.45) is 1.10. The third-order valence-corrected chi connectivity index (χ3v) is 4.58. The van der Waals surface area contributed by atoms with Gasteiger partial charge in [-0.2, -0.15) is 0 Å². The monoisotopic (exact) mass is 365 g/mol. The first-order valence-electron chi connectivity index (χ1n) is 7.21. The zero-order valence-corrected chi connectivity index (χ0v) is 15.1. The predicted molar refractivity (Wildman–Crippen MR) is 93.6 cm³/mol. The van der Waals surface area contributed by atoms with Crippen LogP contribution >= 0.6 is 0 Å². The summed E-state index contributed by atoms with van der Waals surface area (Å²) in [6.45, 7) is 0. The van der Waals surface area contributed by atoms with E-state index in [0.29, 0.717) is 22.9 Å². The van der Waals surface area contributed by atoms with E-state index >= 15 is 0 Å². The summed E-state index contributed by atoms with van der Waals surface area (Å²) in [5.41, 5.74) is 0.578. The van der Waals surface area contributed by atoms with Crippen molar-refractivity contribution in [3.8, 4) is 17.2 Å². The van der Waals surface area contributed by atoms with Crippen LogP contribution in [0.5, 0.6) is 17.2 Å². The number of rotatable bonds is 6. The van der Waals surface area contributed by atoms with Gasteiger partial charge in [0.2, 0.25) is 0 Å². The molecule has 2 rings (SSSR count). The topological polar surface area (TPSA) is 90.9 Å². The quantitative estimate of drug-likeness (QED) is 0.845. The molecule has 0 atom stereocenters. The lowest BCUT2D eigenvalue weighted by atomic mass is 10.1. The van der Waals surface area contributed by atoms with Gasteiger partial charge in [0.1, 0.15) is 5.75 Å². The first-order valence-corrected chi connectivity index (χ1v) is 9.10. The van der Waals surface area contributed by atoms with E-state index in [1.54, 1.807) is 18.2 Å². The van der Waals surface area contributed by atoms with Crippen molar-refractivity contribution >= 4 is 21.4 Å². The van der Waals surface area contributed by atoms with E-state index in [1.807, 2.05) is 0 Å². The van der Waals surface area contributed by atoms with Crippen molar-refractivity contribution in [2.75, 3.05) is 32.9 Å². The Morgan fingerprint density at radius 1 is 0.920 bits per heavy atom. The molecule has 0 unspecified atom stereocenters. The van der Waals surface area contributed by atoms with Crippen molar-refractivity contribution in [1.29, 1.82) is 0 Å². The molecule has 7 nitrogen and oxygen atoms in total. The Bertz CT molecular complexity index is 892. The van der Waals surface area contributed by atoms with Gasteiger partial charge in [0, 0.05) is 24.1 Å². The number of carbonyl (C=O) groups excluding carboxylic acids is 1. The van der Waals surface area contributed by atoms with Crippen molar-refractivity contribution in [3.63, 3.8) is 0 Å². The van der Waals surface area contributed by atoms with Gasteiger partial charge in [0.05, 0.1) is 31.8 Å². The van der Waals surface area contributed by atoms with Crippen LogP contribution in [0.15, 0.2) is 41.3 Å². The van der Waals surface area contributed by atoms with Gasteiger partial charge >= 0.3 is 0 Å². The van der Waals surface area contributed by atoms with Gasteiger partial charge in [-0.3, -0.25) is 4.79 Å². The van der Waals surface area contributed by atoms with Crippen molar-refractivity contribution in [2.24, 2.45) is 0 Å². The molecule has 1 amide bonds. The minimum absolute atomic E-state index is 0.115. The molecule has 0 aromatic heterocycles. The molecule has 0 saturated heterocycles. The van der Waals surface area contributed by atoms with Crippen LogP contribution in [-0.2, 0) is 9.84 Å². The Hall–Kier alpha value is -2.74. The largest absolute Gasteiger partial charge is 0.496 e. The number of ether oxygens (including phenoxy) is 3. The van der Waals surface area contributed by atoms with E-state index in [2.05, 4.69) is 5.32 Å². The fourth-order valence-corrected chi connectivity index (χ4v) is 2.88. The number of benzene rings is 2. The molecule has 0 aliphatic heterocycles. The number of methoxy groups -OCH3 is 3. The van der Waals surface area contributed by atoms with Crippen LogP contribution < -0.4 is 19.5 Å². The van der Waals surface area contributed by atoms with Crippen LogP contribution in [0.4, 0.5) is 5.69 Å². The highest BCUT2D eigenvalue weighted by Crippen LogP contribution is 2.35. The average Bonchev–Trinajstić information content (AvgIpc) is 2.59. The van der Waals surface area contributed by atoms with E-state index in [4.69, 9.17) is 14.2 Å². The number of carbonyl (C=O) groups is 1. The Labute approximate surface area is 146 Å². The van der Waals surface area contributed by atoms with E-state index < -0.39 is 15.7 Å². The number of hydrogen-bond donors (Lipinski definition) is 1. The minimum Gasteiger partial charge on any atom is -0.496 e. The number of anilines is 1. The van der Waals surface area contributed by atoms with Crippen LogP contribution in [-0.4, -0.2) is 41.9 Å². The average molecular weight is 365 g/mol. The molecule has 0 aliphatic rings. The molecule has 0 saturated carbocycles. The lowest BCUT2D eigenvalue weighted by Crippen LogP contribution is -2.14. The second-order valence-electron chi connectivity index (χ2n) is 5.16. The van der Waals surface area contributed by atoms with Crippen molar-refractivity contribution in [2.45, 2.75) is 4.90 Å². The number of sulfone groups is 1. The first-order chi connectivity index (χ1) is 11.8. The molecule has 8 heteroatoms. The van der Waals surface area contributed by atoms with Crippen molar-refractivity contribution in [1.82, 2.24) is 0 Å². The molecule has 0 spiro atoms. The predicted octanol–water partition coefficient (Wildman–Crippen LogP) is 2.37. The van der Waals surface area contributed by atoms with Gasteiger partial charge in [-0.15, -0.1) is 0 Å². The van der Waals surface area contributed by atoms with Crippen LogP contribution in [0.3, 0.4) is 0 Å². The summed E-state index contributed by atoms with van der Waals surface area (Å²) >= 11 is 0. The van der Waals surface area contributed by atoms with Gasteiger partial charge < -0.3 is 19.5 Å². The summed E-state index contributed by atoms with van der Waals surface area (Å²) in [5, 5.41) is 2.65. The lowest BCUT2D eigenvalue weighted by molar-refractivity contribution is 0.102.